The summed E-state index contributed by atoms with van der Waals surface area (Å²) in [6.45, 7) is 5.85. The fraction of sp³-hybridized carbons (Fsp3) is 0.250. The van der Waals surface area contributed by atoms with Crippen LogP contribution in [-0.2, 0) is 4.79 Å². The van der Waals surface area contributed by atoms with E-state index in [9.17, 15) is 4.79 Å². The van der Waals surface area contributed by atoms with E-state index in [4.69, 9.17) is 16.3 Å². The highest BCUT2D eigenvalue weighted by molar-refractivity contribution is 8.00. The molecule has 0 saturated heterocycles. The first kappa shape index (κ1) is 23.8. The number of hydrogen-bond acceptors (Lipinski definition) is 6. The van der Waals surface area contributed by atoms with Crippen LogP contribution in [0, 0.1) is 0 Å². The van der Waals surface area contributed by atoms with Crippen LogP contribution in [0.25, 0.3) is 17.1 Å². The average Bonchev–Trinajstić information content (AvgIpc) is 3.46. The number of halogens is 1. The van der Waals surface area contributed by atoms with Gasteiger partial charge in [0.1, 0.15) is 11.6 Å². The fourth-order valence-corrected chi connectivity index (χ4v) is 4.53. The number of thioether (sulfide) groups is 1. The monoisotopic (exact) mass is 496 g/mol. The van der Waals surface area contributed by atoms with Crippen molar-refractivity contribution in [1.29, 1.82) is 0 Å². The Balaban J connectivity index is 1.66. The summed E-state index contributed by atoms with van der Waals surface area (Å²) in [5, 5.41) is 16.7. The number of carbonyl (C=O) groups is 1. The number of hydrogen-bond donors (Lipinski definition) is 1. The van der Waals surface area contributed by atoms with Crippen LogP contribution in [0.1, 0.15) is 26.8 Å². The maximum atomic E-state index is 13.0. The first-order valence-electron chi connectivity index (χ1n) is 10.7. The zero-order valence-electron chi connectivity index (χ0n) is 19.3. The van der Waals surface area contributed by atoms with Gasteiger partial charge in [0.25, 0.3) is 0 Å². The van der Waals surface area contributed by atoms with Crippen molar-refractivity contribution in [2.24, 2.45) is 0 Å². The molecule has 1 unspecified atom stereocenters. The molecule has 0 radical (unpaired) electrons. The Morgan fingerprint density at radius 1 is 1.09 bits per heavy atom. The third-order valence-electron chi connectivity index (χ3n) is 5.12. The van der Waals surface area contributed by atoms with E-state index >= 15 is 0 Å². The summed E-state index contributed by atoms with van der Waals surface area (Å²) in [7, 11) is 1.57. The van der Waals surface area contributed by atoms with Crippen LogP contribution in [-0.4, -0.2) is 42.8 Å². The number of benzene rings is 2. The van der Waals surface area contributed by atoms with Crippen LogP contribution in [0.2, 0.25) is 5.02 Å². The lowest BCUT2D eigenvalue weighted by Crippen LogP contribution is -2.25. The quantitative estimate of drug-likeness (QED) is 0.324. The summed E-state index contributed by atoms with van der Waals surface area (Å²) < 4.78 is 8.96. The third-order valence-corrected chi connectivity index (χ3v) is 6.46. The van der Waals surface area contributed by atoms with E-state index in [0.717, 1.165) is 11.3 Å². The van der Waals surface area contributed by atoms with E-state index in [1.165, 1.54) is 11.8 Å². The van der Waals surface area contributed by atoms with E-state index in [2.05, 4.69) is 20.6 Å². The summed E-state index contributed by atoms with van der Waals surface area (Å²) in [5.74, 6) is 1.72. The lowest BCUT2D eigenvalue weighted by molar-refractivity contribution is -0.115. The molecule has 4 aromatic rings. The molecule has 2 heterocycles. The molecule has 0 saturated carbocycles. The standard InChI is InChI=1S/C24H25ClN6O2S/c1-15(2)31-21(12-13-26-31)27-23(32)16(3)34-24-29-28-22(17-8-6-5-7-9-17)30(24)18-10-11-20(33-4)19(25)14-18/h5-16H,1-4H3,(H,27,32). The molecule has 10 heteroatoms. The van der Waals surface area contributed by atoms with Crippen LogP contribution in [0.3, 0.4) is 0 Å². The number of nitrogens with zero attached hydrogens (tertiary/aromatic N) is 5. The average molecular weight is 497 g/mol. The Hall–Kier alpha value is -3.30. The first-order valence-corrected chi connectivity index (χ1v) is 12.0. The van der Waals surface area contributed by atoms with Gasteiger partial charge in [0.15, 0.2) is 11.0 Å². The molecule has 1 N–H and O–H groups in total. The van der Waals surface area contributed by atoms with E-state index < -0.39 is 5.25 Å². The highest BCUT2D eigenvalue weighted by Gasteiger charge is 2.23. The van der Waals surface area contributed by atoms with Gasteiger partial charge in [-0.2, -0.15) is 5.10 Å². The number of ether oxygens (including phenoxy) is 1. The Bertz CT molecular complexity index is 1290. The van der Waals surface area contributed by atoms with Gasteiger partial charge in [-0.25, -0.2) is 4.68 Å². The van der Waals surface area contributed by atoms with Crippen molar-refractivity contribution >= 4 is 35.1 Å². The van der Waals surface area contributed by atoms with Crippen molar-refractivity contribution in [2.75, 3.05) is 12.4 Å². The minimum Gasteiger partial charge on any atom is -0.495 e. The molecule has 34 heavy (non-hydrogen) atoms. The normalized spacial score (nSPS) is 12.1. The van der Waals surface area contributed by atoms with Gasteiger partial charge in [0, 0.05) is 17.7 Å². The van der Waals surface area contributed by atoms with Crippen LogP contribution in [0.15, 0.2) is 66.0 Å². The van der Waals surface area contributed by atoms with Gasteiger partial charge in [-0.1, -0.05) is 53.7 Å². The van der Waals surface area contributed by atoms with Crippen LogP contribution >= 0.6 is 23.4 Å². The van der Waals surface area contributed by atoms with Gasteiger partial charge < -0.3 is 10.1 Å². The van der Waals surface area contributed by atoms with Crippen molar-refractivity contribution in [3.8, 4) is 22.8 Å². The summed E-state index contributed by atoms with van der Waals surface area (Å²) in [5.41, 5.74) is 1.66. The minimum absolute atomic E-state index is 0.129. The predicted molar refractivity (Wildman–Crippen MR) is 135 cm³/mol. The second kappa shape index (κ2) is 10.3. The van der Waals surface area contributed by atoms with Gasteiger partial charge in [-0.05, 0) is 39.0 Å². The van der Waals surface area contributed by atoms with Crippen molar-refractivity contribution < 1.29 is 9.53 Å². The molecule has 2 aromatic carbocycles. The number of methoxy groups -OCH3 is 1. The molecule has 0 spiro atoms. The fourth-order valence-electron chi connectivity index (χ4n) is 3.41. The van der Waals surface area contributed by atoms with Crippen molar-refractivity contribution in [3.05, 3.63) is 65.8 Å². The largest absolute Gasteiger partial charge is 0.495 e. The van der Waals surface area contributed by atoms with Crippen LogP contribution in [0.5, 0.6) is 5.75 Å². The predicted octanol–water partition coefficient (Wildman–Crippen LogP) is 5.49. The molecule has 176 valence electrons. The van der Waals surface area contributed by atoms with Gasteiger partial charge in [-0.15, -0.1) is 10.2 Å². The third kappa shape index (κ3) is 4.95. The Morgan fingerprint density at radius 2 is 1.85 bits per heavy atom. The van der Waals surface area contributed by atoms with E-state index in [0.29, 0.717) is 27.6 Å². The number of anilines is 1. The molecule has 0 aliphatic heterocycles. The molecule has 0 bridgehead atoms. The number of rotatable bonds is 8. The Morgan fingerprint density at radius 3 is 2.53 bits per heavy atom. The second-order valence-electron chi connectivity index (χ2n) is 7.83. The highest BCUT2D eigenvalue weighted by atomic mass is 35.5. The van der Waals surface area contributed by atoms with Gasteiger partial charge in [0.05, 0.1) is 29.3 Å². The maximum Gasteiger partial charge on any atom is 0.238 e. The summed E-state index contributed by atoms with van der Waals surface area (Å²) >= 11 is 7.73. The number of amides is 1. The number of carbonyl (C=O) groups excluding carboxylic acids is 1. The molecular formula is C24H25ClN6O2S. The molecule has 8 nitrogen and oxygen atoms in total. The lowest BCUT2D eigenvalue weighted by Gasteiger charge is -2.16. The smallest absolute Gasteiger partial charge is 0.238 e. The van der Waals surface area contributed by atoms with Crippen molar-refractivity contribution in [2.45, 2.75) is 37.2 Å². The first-order chi connectivity index (χ1) is 16.4. The Kier molecular flexibility index (Phi) is 7.23. The molecule has 0 aliphatic rings. The molecule has 0 aliphatic carbocycles. The topological polar surface area (TPSA) is 86.9 Å². The SMILES string of the molecule is COc1ccc(-n2c(SC(C)C(=O)Nc3ccnn3C(C)C)nnc2-c2ccccc2)cc1Cl. The van der Waals surface area contributed by atoms with Crippen molar-refractivity contribution in [3.63, 3.8) is 0 Å². The number of aromatic nitrogens is 5. The molecule has 1 atom stereocenters. The van der Waals surface area contributed by atoms with E-state index in [-0.39, 0.29) is 11.9 Å². The molecule has 2 aromatic heterocycles. The molecular weight excluding hydrogens is 472 g/mol. The van der Waals surface area contributed by atoms with Gasteiger partial charge in [-0.3, -0.25) is 9.36 Å². The van der Waals surface area contributed by atoms with Crippen LogP contribution in [0.4, 0.5) is 5.82 Å². The second-order valence-corrected chi connectivity index (χ2v) is 9.55. The minimum atomic E-state index is -0.448. The summed E-state index contributed by atoms with van der Waals surface area (Å²) in [6, 6.07) is 17.1. The molecule has 0 fully saturated rings. The van der Waals surface area contributed by atoms with Crippen LogP contribution < -0.4 is 10.1 Å². The zero-order chi connectivity index (χ0) is 24.2. The molecule has 4 rings (SSSR count). The highest BCUT2D eigenvalue weighted by Crippen LogP contribution is 2.33. The number of nitrogens with one attached hydrogen (secondary N) is 1. The maximum absolute atomic E-state index is 13.0. The van der Waals surface area contributed by atoms with Gasteiger partial charge >= 0.3 is 0 Å². The van der Waals surface area contributed by atoms with E-state index in [1.807, 2.05) is 61.7 Å². The molecule has 1 amide bonds. The van der Waals surface area contributed by atoms with Gasteiger partial charge in [0.2, 0.25) is 5.91 Å². The Labute approximate surface area is 207 Å². The van der Waals surface area contributed by atoms with Crippen molar-refractivity contribution in [1.82, 2.24) is 24.5 Å². The summed E-state index contributed by atoms with van der Waals surface area (Å²) in [6.07, 6.45) is 1.67. The summed E-state index contributed by atoms with van der Waals surface area (Å²) in [4.78, 5) is 13.0. The zero-order valence-corrected chi connectivity index (χ0v) is 20.8. The lowest BCUT2D eigenvalue weighted by atomic mass is 10.2. The van der Waals surface area contributed by atoms with E-state index in [1.54, 1.807) is 36.2 Å².